The van der Waals surface area contributed by atoms with Gasteiger partial charge in [-0.15, -0.1) is 0 Å². The summed E-state index contributed by atoms with van der Waals surface area (Å²) in [5.41, 5.74) is 1.33. The molecular weight excluding hydrogens is 296 g/mol. The maximum atomic E-state index is 12.5. The molecular formula is C17H26N2O2S. The van der Waals surface area contributed by atoms with Crippen molar-refractivity contribution in [3.05, 3.63) is 35.4 Å². The standard InChI is InChI=1S/C17H26N2O2S/c1-17(2,21)13-18-8-10-19(11-9-18)16(20)15-6-4-14(5-7-15)12-22-3/h4-7,21H,8-13H2,1-3H3. The molecule has 4 nitrogen and oxygen atoms in total. The number of β-amino-alcohol motifs (C(OH)–C–C–N with tert-alkyl or cyclic N) is 1. The molecule has 0 spiro atoms. The second kappa shape index (κ2) is 7.49. The number of carbonyl (C=O) groups excluding carboxylic acids is 1. The summed E-state index contributed by atoms with van der Waals surface area (Å²) >= 11 is 1.78. The topological polar surface area (TPSA) is 43.8 Å². The van der Waals surface area contributed by atoms with Gasteiger partial charge in [-0.1, -0.05) is 12.1 Å². The van der Waals surface area contributed by atoms with E-state index in [1.54, 1.807) is 11.8 Å². The molecule has 0 radical (unpaired) electrons. The van der Waals surface area contributed by atoms with Crippen molar-refractivity contribution in [1.29, 1.82) is 0 Å². The first-order valence-electron chi connectivity index (χ1n) is 7.71. The fourth-order valence-corrected chi connectivity index (χ4v) is 3.27. The van der Waals surface area contributed by atoms with Crippen molar-refractivity contribution >= 4 is 17.7 Å². The predicted octanol–water partition coefficient (Wildman–Crippen LogP) is 2.08. The normalized spacial score (nSPS) is 16.8. The monoisotopic (exact) mass is 322 g/mol. The van der Waals surface area contributed by atoms with Crippen molar-refractivity contribution in [3.8, 4) is 0 Å². The third kappa shape index (κ3) is 5.00. The fourth-order valence-electron chi connectivity index (χ4n) is 2.75. The molecule has 1 amide bonds. The number of carbonyl (C=O) groups is 1. The Labute approximate surface area is 137 Å². The second-order valence-electron chi connectivity index (χ2n) is 6.51. The highest BCUT2D eigenvalue weighted by molar-refractivity contribution is 7.97. The Bertz CT molecular complexity index is 488. The van der Waals surface area contributed by atoms with Crippen LogP contribution in [0.4, 0.5) is 0 Å². The van der Waals surface area contributed by atoms with Crippen LogP contribution < -0.4 is 0 Å². The number of amides is 1. The zero-order chi connectivity index (χ0) is 16.2. The van der Waals surface area contributed by atoms with Crippen LogP contribution in [0.25, 0.3) is 0 Å². The van der Waals surface area contributed by atoms with E-state index in [4.69, 9.17) is 0 Å². The average Bonchev–Trinajstić information content (AvgIpc) is 2.47. The highest BCUT2D eigenvalue weighted by Gasteiger charge is 2.25. The van der Waals surface area contributed by atoms with Gasteiger partial charge in [-0.25, -0.2) is 0 Å². The van der Waals surface area contributed by atoms with Gasteiger partial charge < -0.3 is 10.0 Å². The van der Waals surface area contributed by atoms with E-state index in [9.17, 15) is 9.90 Å². The molecule has 1 aromatic carbocycles. The molecule has 0 atom stereocenters. The number of hydrogen-bond donors (Lipinski definition) is 1. The quantitative estimate of drug-likeness (QED) is 0.901. The molecule has 0 aromatic heterocycles. The van der Waals surface area contributed by atoms with Gasteiger partial charge >= 0.3 is 0 Å². The first-order valence-corrected chi connectivity index (χ1v) is 9.10. The first-order chi connectivity index (χ1) is 10.4. The highest BCUT2D eigenvalue weighted by atomic mass is 32.2. The number of aliphatic hydroxyl groups is 1. The van der Waals surface area contributed by atoms with Crippen molar-refractivity contribution in [3.63, 3.8) is 0 Å². The summed E-state index contributed by atoms with van der Waals surface area (Å²) in [7, 11) is 0. The van der Waals surface area contributed by atoms with Gasteiger partial charge in [0.25, 0.3) is 5.91 Å². The van der Waals surface area contributed by atoms with Crippen molar-refractivity contribution in [1.82, 2.24) is 9.80 Å². The molecule has 2 rings (SSSR count). The number of nitrogens with zero attached hydrogens (tertiary/aromatic N) is 2. The molecule has 1 heterocycles. The van der Waals surface area contributed by atoms with Crippen LogP contribution in [0.2, 0.25) is 0 Å². The van der Waals surface area contributed by atoms with E-state index in [1.807, 2.05) is 43.0 Å². The molecule has 1 aliphatic rings. The molecule has 0 saturated carbocycles. The van der Waals surface area contributed by atoms with Gasteiger partial charge in [0.2, 0.25) is 0 Å². The summed E-state index contributed by atoms with van der Waals surface area (Å²) in [6, 6.07) is 7.93. The van der Waals surface area contributed by atoms with Gasteiger partial charge in [0.05, 0.1) is 5.60 Å². The summed E-state index contributed by atoms with van der Waals surface area (Å²) in [4.78, 5) is 16.6. The Morgan fingerprint density at radius 3 is 2.27 bits per heavy atom. The van der Waals surface area contributed by atoms with Crippen molar-refractivity contribution in [2.24, 2.45) is 0 Å². The number of rotatable bonds is 5. The number of benzene rings is 1. The van der Waals surface area contributed by atoms with Crippen molar-refractivity contribution in [2.75, 3.05) is 39.0 Å². The van der Waals surface area contributed by atoms with E-state index >= 15 is 0 Å². The summed E-state index contributed by atoms with van der Waals surface area (Å²) < 4.78 is 0. The van der Waals surface area contributed by atoms with Crippen LogP contribution in [0.15, 0.2) is 24.3 Å². The highest BCUT2D eigenvalue weighted by Crippen LogP contribution is 2.14. The predicted molar refractivity (Wildman–Crippen MR) is 92.3 cm³/mol. The summed E-state index contributed by atoms with van der Waals surface area (Å²) in [5, 5.41) is 9.87. The largest absolute Gasteiger partial charge is 0.389 e. The minimum Gasteiger partial charge on any atom is -0.389 e. The van der Waals surface area contributed by atoms with Crippen LogP contribution in [0.5, 0.6) is 0 Å². The zero-order valence-corrected chi connectivity index (χ0v) is 14.5. The third-order valence-electron chi connectivity index (χ3n) is 3.78. The molecule has 0 aliphatic carbocycles. The smallest absolute Gasteiger partial charge is 0.253 e. The molecule has 1 aromatic rings. The van der Waals surface area contributed by atoms with Gasteiger partial charge in [0.15, 0.2) is 0 Å². The lowest BCUT2D eigenvalue weighted by Gasteiger charge is -2.37. The Hall–Kier alpha value is -1.04. The third-order valence-corrected chi connectivity index (χ3v) is 4.40. The van der Waals surface area contributed by atoms with E-state index in [0.717, 1.165) is 37.5 Å². The lowest BCUT2D eigenvalue weighted by atomic mass is 10.1. The summed E-state index contributed by atoms with van der Waals surface area (Å²) in [6.07, 6.45) is 2.08. The second-order valence-corrected chi connectivity index (χ2v) is 7.38. The van der Waals surface area contributed by atoms with E-state index < -0.39 is 5.60 Å². The Morgan fingerprint density at radius 1 is 1.18 bits per heavy atom. The van der Waals surface area contributed by atoms with E-state index in [2.05, 4.69) is 11.2 Å². The minimum absolute atomic E-state index is 0.110. The molecule has 122 valence electrons. The van der Waals surface area contributed by atoms with Crippen LogP contribution in [0, 0.1) is 0 Å². The number of thioether (sulfide) groups is 1. The Morgan fingerprint density at radius 2 is 1.77 bits per heavy atom. The van der Waals surface area contributed by atoms with Crippen LogP contribution in [0.3, 0.4) is 0 Å². The number of hydrogen-bond acceptors (Lipinski definition) is 4. The molecule has 0 bridgehead atoms. The van der Waals surface area contributed by atoms with E-state index in [0.29, 0.717) is 6.54 Å². The molecule has 5 heteroatoms. The maximum Gasteiger partial charge on any atom is 0.253 e. The van der Waals surface area contributed by atoms with Crippen LogP contribution in [-0.4, -0.2) is 65.4 Å². The van der Waals surface area contributed by atoms with E-state index in [1.165, 1.54) is 5.56 Å². The van der Waals surface area contributed by atoms with Crippen molar-refractivity contribution < 1.29 is 9.90 Å². The number of piperazine rings is 1. The Kier molecular flexibility index (Phi) is 5.89. The zero-order valence-electron chi connectivity index (χ0n) is 13.7. The van der Waals surface area contributed by atoms with E-state index in [-0.39, 0.29) is 5.91 Å². The molecule has 1 aliphatic heterocycles. The minimum atomic E-state index is -0.681. The van der Waals surface area contributed by atoms with Crippen LogP contribution in [0.1, 0.15) is 29.8 Å². The maximum absolute atomic E-state index is 12.5. The SMILES string of the molecule is CSCc1ccc(C(=O)N2CCN(CC(C)(C)O)CC2)cc1. The molecule has 1 N–H and O–H groups in total. The fraction of sp³-hybridized carbons (Fsp3) is 0.588. The molecule has 1 fully saturated rings. The summed E-state index contributed by atoms with van der Waals surface area (Å²) in [6.45, 7) is 7.38. The molecule has 1 saturated heterocycles. The molecule has 0 unspecified atom stereocenters. The van der Waals surface area contributed by atoms with Crippen LogP contribution >= 0.6 is 11.8 Å². The van der Waals surface area contributed by atoms with Gasteiger partial charge in [0.1, 0.15) is 0 Å². The van der Waals surface area contributed by atoms with Gasteiger partial charge in [0, 0.05) is 44.0 Å². The first kappa shape index (κ1) is 17.3. The summed E-state index contributed by atoms with van der Waals surface area (Å²) in [5.74, 6) is 1.09. The average molecular weight is 322 g/mol. The lowest BCUT2D eigenvalue weighted by Crippen LogP contribution is -2.51. The Balaban J connectivity index is 1.89. The van der Waals surface area contributed by atoms with Gasteiger partial charge in [-0.3, -0.25) is 9.69 Å². The molecule has 22 heavy (non-hydrogen) atoms. The van der Waals surface area contributed by atoms with Gasteiger partial charge in [-0.05, 0) is 37.8 Å². The van der Waals surface area contributed by atoms with Crippen molar-refractivity contribution in [2.45, 2.75) is 25.2 Å². The lowest BCUT2D eigenvalue weighted by molar-refractivity contribution is 0.0178. The van der Waals surface area contributed by atoms with Gasteiger partial charge in [-0.2, -0.15) is 11.8 Å². The van der Waals surface area contributed by atoms with Crippen LogP contribution in [-0.2, 0) is 5.75 Å².